The molecule has 2 unspecified atom stereocenters. The van der Waals surface area contributed by atoms with Gasteiger partial charge in [-0.05, 0) is 24.7 Å². The van der Waals surface area contributed by atoms with Gasteiger partial charge in [-0.1, -0.05) is 47.0 Å². The van der Waals surface area contributed by atoms with Crippen LogP contribution in [0.1, 0.15) is 59.8 Å². The average molecular weight is 268 g/mol. The van der Waals surface area contributed by atoms with E-state index in [1.54, 1.807) is 0 Å². The molecule has 112 valence electrons. The second-order valence-electron chi connectivity index (χ2n) is 6.94. The Bertz CT molecular complexity index is 266. The van der Waals surface area contributed by atoms with E-state index in [0.29, 0.717) is 17.7 Å². The van der Waals surface area contributed by atoms with Crippen molar-refractivity contribution in [2.45, 2.75) is 65.8 Å². The molecule has 0 aliphatic heterocycles. The Labute approximate surface area is 118 Å². The van der Waals surface area contributed by atoms with Gasteiger partial charge < -0.3 is 10.6 Å². The van der Waals surface area contributed by atoms with E-state index in [4.69, 9.17) is 5.73 Å². The van der Waals surface area contributed by atoms with Crippen LogP contribution in [-0.4, -0.2) is 29.9 Å². The highest BCUT2D eigenvalue weighted by Gasteiger charge is 2.30. The summed E-state index contributed by atoms with van der Waals surface area (Å²) in [4.78, 5) is 14.8. The summed E-state index contributed by atoms with van der Waals surface area (Å²) < 4.78 is 0. The van der Waals surface area contributed by atoms with Crippen LogP contribution in [0.15, 0.2) is 0 Å². The van der Waals surface area contributed by atoms with Gasteiger partial charge in [-0.2, -0.15) is 0 Å². The van der Waals surface area contributed by atoms with Crippen LogP contribution >= 0.6 is 0 Å². The monoisotopic (exact) mass is 268 g/mol. The first-order valence-corrected chi connectivity index (χ1v) is 7.96. The third kappa shape index (κ3) is 5.52. The zero-order chi connectivity index (χ0) is 14.4. The molecule has 1 aliphatic rings. The van der Waals surface area contributed by atoms with Crippen molar-refractivity contribution in [3.05, 3.63) is 0 Å². The van der Waals surface area contributed by atoms with Crippen LogP contribution in [0.5, 0.6) is 0 Å². The lowest BCUT2D eigenvalue weighted by molar-refractivity contribution is -0.137. The number of hydrogen-bond donors (Lipinski definition) is 1. The average Bonchev–Trinajstić information content (AvgIpc) is 2.51. The lowest BCUT2D eigenvalue weighted by Crippen LogP contribution is -2.46. The Morgan fingerprint density at radius 1 is 1.05 bits per heavy atom. The van der Waals surface area contributed by atoms with E-state index < -0.39 is 0 Å². The van der Waals surface area contributed by atoms with Crippen LogP contribution in [0.2, 0.25) is 0 Å². The third-order valence-corrected chi connectivity index (χ3v) is 3.87. The standard InChI is InChI=1S/C16H32N2O/c1-12(2)10-18(11-13(3)4)16(19)14-8-6-5-7-9-15(14)17/h12-15H,5-11,17H2,1-4H3. The van der Waals surface area contributed by atoms with Crippen LogP contribution in [0.3, 0.4) is 0 Å². The van der Waals surface area contributed by atoms with Crippen LogP contribution in [0.4, 0.5) is 0 Å². The molecule has 2 atom stereocenters. The van der Waals surface area contributed by atoms with E-state index in [-0.39, 0.29) is 12.0 Å². The first kappa shape index (κ1) is 16.5. The number of nitrogens with zero attached hydrogens (tertiary/aromatic N) is 1. The van der Waals surface area contributed by atoms with Crippen molar-refractivity contribution in [2.75, 3.05) is 13.1 Å². The van der Waals surface area contributed by atoms with E-state index in [2.05, 4.69) is 32.6 Å². The van der Waals surface area contributed by atoms with Crippen molar-refractivity contribution in [1.82, 2.24) is 4.90 Å². The van der Waals surface area contributed by atoms with Gasteiger partial charge in [-0.3, -0.25) is 4.79 Å². The summed E-state index contributed by atoms with van der Waals surface area (Å²) in [6.45, 7) is 10.4. The predicted octanol–water partition coefficient (Wildman–Crippen LogP) is 3.03. The Kier molecular flexibility index (Phi) is 6.84. The normalized spacial score (nSPS) is 24.6. The first-order valence-electron chi connectivity index (χ1n) is 7.96. The maximum absolute atomic E-state index is 12.8. The molecular weight excluding hydrogens is 236 g/mol. The third-order valence-electron chi connectivity index (χ3n) is 3.87. The minimum absolute atomic E-state index is 0.0556. The molecule has 1 rings (SSSR count). The lowest BCUT2D eigenvalue weighted by Gasteiger charge is -2.32. The van der Waals surface area contributed by atoms with Gasteiger partial charge in [-0.15, -0.1) is 0 Å². The fourth-order valence-electron chi connectivity index (χ4n) is 3.01. The van der Waals surface area contributed by atoms with Gasteiger partial charge in [0.25, 0.3) is 0 Å². The van der Waals surface area contributed by atoms with Gasteiger partial charge in [0.1, 0.15) is 0 Å². The smallest absolute Gasteiger partial charge is 0.227 e. The van der Waals surface area contributed by atoms with Crippen molar-refractivity contribution in [1.29, 1.82) is 0 Å². The summed E-state index contributed by atoms with van der Waals surface area (Å²) in [5.74, 6) is 1.39. The zero-order valence-electron chi connectivity index (χ0n) is 13.2. The minimum Gasteiger partial charge on any atom is -0.342 e. The number of carbonyl (C=O) groups excluding carboxylic acids is 1. The van der Waals surface area contributed by atoms with Gasteiger partial charge in [-0.25, -0.2) is 0 Å². The molecule has 0 spiro atoms. The van der Waals surface area contributed by atoms with E-state index in [0.717, 1.165) is 32.4 Å². The Hall–Kier alpha value is -0.570. The fraction of sp³-hybridized carbons (Fsp3) is 0.938. The maximum Gasteiger partial charge on any atom is 0.227 e. The highest BCUT2D eigenvalue weighted by atomic mass is 16.2. The molecule has 2 N–H and O–H groups in total. The van der Waals surface area contributed by atoms with Crippen LogP contribution < -0.4 is 5.73 Å². The minimum atomic E-state index is 0.0556. The second-order valence-corrected chi connectivity index (χ2v) is 6.94. The summed E-state index contributed by atoms with van der Waals surface area (Å²) in [7, 11) is 0. The van der Waals surface area contributed by atoms with Gasteiger partial charge >= 0.3 is 0 Å². The van der Waals surface area contributed by atoms with Gasteiger partial charge in [0, 0.05) is 19.1 Å². The number of nitrogens with two attached hydrogens (primary N) is 1. The molecule has 3 heteroatoms. The molecule has 0 bridgehead atoms. The molecule has 1 amide bonds. The Morgan fingerprint density at radius 2 is 1.58 bits per heavy atom. The SMILES string of the molecule is CC(C)CN(CC(C)C)C(=O)C1CCCCCC1N. The fourth-order valence-corrected chi connectivity index (χ4v) is 3.01. The zero-order valence-corrected chi connectivity index (χ0v) is 13.2. The molecule has 0 saturated heterocycles. The predicted molar refractivity (Wildman–Crippen MR) is 80.8 cm³/mol. The van der Waals surface area contributed by atoms with Crippen molar-refractivity contribution < 1.29 is 4.79 Å². The number of carbonyl (C=O) groups is 1. The summed E-state index contributed by atoms with van der Waals surface area (Å²) in [6.07, 6.45) is 5.55. The summed E-state index contributed by atoms with van der Waals surface area (Å²) >= 11 is 0. The summed E-state index contributed by atoms with van der Waals surface area (Å²) in [5.41, 5.74) is 6.23. The molecule has 0 aromatic heterocycles. The molecule has 0 heterocycles. The van der Waals surface area contributed by atoms with E-state index >= 15 is 0 Å². The Morgan fingerprint density at radius 3 is 2.11 bits per heavy atom. The summed E-state index contributed by atoms with van der Waals surface area (Å²) in [6, 6.07) is 0.0665. The van der Waals surface area contributed by atoms with Crippen molar-refractivity contribution in [3.8, 4) is 0 Å². The molecule has 0 aromatic carbocycles. The topological polar surface area (TPSA) is 46.3 Å². The highest BCUT2D eigenvalue weighted by Crippen LogP contribution is 2.24. The maximum atomic E-state index is 12.8. The van der Waals surface area contributed by atoms with Crippen molar-refractivity contribution in [2.24, 2.45) is 23.5 Å². The highest BCUT2D eigenvalue weighted by molar-refractivity contribution is 5.79. The molecule has 1 aliphatic carbocycles. The quantitative estimate of drug-likeness (QED) is 0.779. The molecule has 0 aromatic rings. The van der Waals surface area contributed by atoms with Crippen LogP contribution in [0, 0.1) is 17.8 Å². The molecule has 0 radical (unpaired) electrons. The molecule has 3 nitrogen and oxygen atoms in total. The van der Waals surface area contributed by atoms with Crippen molar-refractivity contribution in [3.63, 3.8) is 0 Å². The van der Waals surface area contributed by atoms with Gasteiger partial charge in [0.05, 0.1) is 5.92 Å². The molecule has 1 fully saturated rings. The first-order chi connectivity index (χ1) is 8.91. The molecular formula is C16H32N2O. The lowest BCUT2D eigenvalue weighted by atomic mass is 9.93. The number of amides is 1. The van der Waals surface area contributed by atoms with Gasteiger partial charge in [0.15, 0.2) is 0 Å². The van der Waals surface area contributed by atoms with Crippen LogP contribution in [0.25, 0.3) is 0 Å². The Balaban J connectivity index is 2.72. The van der Waals surface area contributed by atoms with E-state index in [1.807, 2.05) is 0 Å². The molecule has 1 saturated carbocycles. The van der Waals surface area contributed by atoms with E-state index in [1.165, 1.54) is 12.8 Å². The van der Waals surface area contributed by atoms with Crippen molar-refractivity contribution >= 4 is 5.91 Å². The van der Waals surface area contributed by atoms with Gasteiger partial charge in [0.2, 0.25) is 5.91 Å². The van der Waals surface area contributed by atoms with Crippen LogP contribution in [-0.2, 0) is 4.79 Å². The largest absolute Gasteiger partial charge is 0.342 e. The molecule has 19 heavy (non-hydrogen) atoms. The summed E-state index contributed by atoms with van der Waals surface area (Å²) in [5, 5.41) is 0. The second kappa shape index (κ2) is 7.88. The van der Waals surface area contributed by atoms with E-state index in [9.17, 15) is 4.79 Å². The number of hydrogen-bond acceptors (Lipinski definition) is 2. The number of rotatable bonds is 5.